The Morgan fingerprint density at radius 3 is 2.41 bits per heavy atom. The summed E-state index contributed by atoms with van der Waals surface area (Å²) in [4.78, 5) is 5.45. The van der Waals surface area contributed by atoms with E-state index in [4.69, 9.17) is 11.1 Å². The summed E-state index contributed by atoms with van der Waals surface area (Å²) >= 11 is 0. The van der Waals surface area contributed by atoms with Crippen molar-refractivity contribution < 1.29 is 5.11 Å². The summed E-state index contributed by atoms with van der Waals surface area (Å²) in [5.41, 5.74) is 18.7. The lowest BCUT2D eigenvalue weighted by molar-refractivity contribution is 0.0959. The van der Waals surface area contributed by atoms with Crippen molar-refractivity contribution in [1.29, 1.82) is 0 Å². The monoisotopic (exact) mass is 236 g/mol. The van der Waals surface area contributed by atoms with Gasteiger partial charge in [0, 0.05) is 22.9 Å². The lowest BCUT2D eigenvalue weighted by atomic mass is 9.74. The maximum atomic E-state index is 10.1. The minimum Gasteiger partial charge on any atom is -0.388 e. The van der Waals surface area contributed by atoms with Crippen molar-refractivity contribution in [2.45, 2.75) is 26.4 Å². The van der Waals surface area contributed by atoms with Crippen molar-refractivity contribution in [3.63, 3.8) is 0 Å². The largest absolute Gasteiger partial charge is 0.388 e. The molecule has 0 saturated carbocycles. The summed E-state index contributed by atoms with van der Waals surface area (Å²) in [5, 5.41) is 17.2. The predicted octanol–water partition coefficient (Wildman–Crippen LogP) is 2.94. The average Bonchev–Trinajstić information content (AvgIpc) is 2.32. The molecule has 0 amide bonds. The van der Waals surface area contributed by atoms with Gasteiger partial charge in [0.15, 0.2) is 0 Å². The Bertz CT molecular complexity index is 405. The average molecular weight is 236 g/mol. The van der Waals surface area contributed by atoms with Crippen molar-refractivity contribution in [3.05, 3.63) is 32.0 Å². The maximum Gasteiger partial charge on any atom is 0.0782 e. The van der Waals surface area contributed by atoms with E-state index in [1.165, 1.54) is 0 Å². The Morgan fingerprint density at radius 1 is 1.24 bits per heavy atom. The number of aliphatic hydroxyl groups is 1. The molecule has 17 heavy (non-hydrogen) atoms. The third kappa shape index (κ3) is 3.14. The summed E-state index contributed by atoms with van der Waals surface area (Å²) < 4.78 is 0. The molecule has 0 heterocycles. The topological polar surface area (TPSA) is 118 Å². The fourth-order valence-corrected chi connectivity index (χ4v) is 2.26. The molecule has 3 atom stereocenters. The summed E-state index contributed by atoms with van der Waals surface area (Å²) in [6, 6.07) is 0. The molecular weight excluding hydrogens is 220 g/mol. The van der Waals surface area contributed by atoms with Gasteiger partial charge in [-0.15, -0.1) is 0 Å². The molecule has 0 fully saturated rings. The van der Waals surface area contributed by atoms with Crippen molar-refractivity contribution in [2.75, 3.05) is 13.1 Å². The lowest BCUT2D eigenvalue weighted by Gasteiger charge is -2.35. The summed E-state index contributed by atoms with van der Waals surface area (Å²) in [7, 11) is 0. The molecule has 0 unspecified atom stereocenters. The third-order valence-electron chi connectivity index (χ3n) is 3.43. The van der Waals surface area contributed by atoms with E-state index in [0.717, 1.165) is 17.6 Å². The molecule has 7 nitrogen and oxygen atoms in total. The molecule has 7 heteroatoms. The standard InChI is InChI=1S/C10H16N6O/c1-6-3-8(4-13-15-11)9(5-14-16-12)10(17)7(6)2/h8-10,17H,3-5H2,1-2H3/t8-,9-,10+/m1/s1. The molecule has 1 N–H and O–H groups in total. The molecule has 0 radical (unpaired) electrons. The van der Waals surface area contributed by atoms with Crippen LogP contribution in [0.25, 0.3) is 20.9 Å². The van der Waals surface area contributed by atoms with E-state index >= 15 is 0 Å². The molecule has 1 aliphatic rings. The molecule has 0 aromatic carbocycles. The molecule has 0 bridgehead atoms. The zero-order chi connectivity index (χ0) is 12.8. The smallest absolute Gasteiger partial charge is 0.0782 e. The number of rotatable bonds is 4. The quantitative estimate of drug-likeness (QED) is 0.343. The first kappa shape index (κ1) is 13.4. The third-order valence-corrected chi connectivity index (χ3v) is 3.43. The molecule has 0 spiro atoms. The van der Waals surface area contributed by atoms with Gasteiger partial charge in [-0.1, -0.05) is 15.8 Å². The van der Waals surface area contributed by atoms with E-state index in [1.807, 2.05) is 13.8 Å². The van der Waals surface area contributed by atoms with Gasteiger partial charge in [-0.2, -0.15) is 0 Å². The Labute approximate surface area is 99.4 Å². The van der Waals surface area contributed by atoms with E-state index < -0.39 is 6.10 Å². The highest BCUT2D eigenvalue weighted by molar-refractivity contribution is 5.20. The normalized spacial score (nSPS) is 28.3. The zero-order valence-electron chi connectivity index (χ0n) is 9.98. The Hall–Kier alpha value is -1.68. The van der Waals surface area contributed by atoms with E-state index in [2.05, 4.69) is 20.1 Å². The first-order valence-electron chi connectivity index (χ1n) is 5.47. The van der Waals surface area contributed by atoms with Crippen molar-refractivity contribution in [3.8, 4) is 0 Å². The van der Waals surface area contributed by atoms with E-state index in [1.54, 1.807) is 0 Å². The van der Waals surface area contributed by atoms with Gasteiger partial charge in [0.2, 0.25) is 0 Å². The highest BCUT2D eigenvalue weighted by Gasteiger charge is 2.33. The van der Waals surface area contributed by atoms with Gasteiger partial charge in [0.05, 0.1) is 6.10 Å². The molecule has 1 aliphatic carbocycles. The zero-order valence-corrected chi connectivity index (χ0v) is 9.98. The van der Waals surface area contributed by atoms with Crippen LogP contribution in [-0.2, 0) is 0 Å². The van der Waals surface area contributed by atoms with Crippen LogP contribution in [0.2, 0.25) is 0 Å². The minimum absolute atomic E-state index is 0.0371. The van der Waals surface area contributed by atoms with E-state index in [-0.39, 0.29) is 18.4 Å². The van der Waals surface area contributed by atoms with Crippen LogP contribution < -0.4 is 0 Å². The number of azide groups is 2. The van der Waals surface area contributed by atoms with Gasteiger partial charge in [-0.25, -0.2) is 0 Å². The summed E-state index contributed by atoms with van der Waals surface area (Å²) in [6.07, 6.45) is 0.154. The van der Waals surface area contributed by atoms with Crippen LogP contribution in [0, 0.1) is 11.8 Å². The molecule has 0 aromatic heterocycles. The van der Waals surface area contributed by atoms with Gasteiger partial charge in [0.25, 0.3) is 0 Å². The second-order valence-electron chi connectivity index (χ2n) is 4.36. The molecule has 0 aliphatic heterocycles. The molecular formula is C10H16N6O. The summed E-state index contributed by atoms with van der Waals surface area (Å²) in [5.74, 6) is -0.129. The van der Waals surface area contributed by atoms with Gasteiger partial charge in [-0.05, 0) is 48.7 Å². The maximum absolute atomic E-state index is 10.1. The van der Waals surface area contributed by atoms with Gasteiger partial charge in [0.1, 0.15) is 0 Å². The second-order valence-corrected chi connectivity index (χ2v) is 4.36. The van der Waals surface area contributed by atoms with E-state index in [0.29, 0.717) is 6.54 Å². The molecule has 1 rings (SSSR count). The van der Waals surface area contributed by atoms with Gasteiger partial charge in [-0.3, -0.25) is 0 Å². The number of allylic oxidation sites excluding steroid dienone is 1. The first-order valence-corrected chi connectivity index (χ1v) is 5.47. The number of nitrogens with zero attached hydrogens (tertiary/aromatic N) is 6. The second kappa shape index (κ2) is 6.15. The predicted molar refractivity (Wildman–Crippen MR) is 64.0 cm³/mol. The number of aliphatic hydroxyl groups excluding tert-OH is 1. The van der Waals surface area contributed by atoms with Crippen LogP contribution in [0.4, 0.5) is 0 Å². The van der Waals surface area contributed by atoms with Crippen LogP contribution in [-0.4, -0.2) is 24.3 Å². The van der Waals surface area contributed by atoms with Crippen LogP contribution in [0.3, 0.4) is 0 Å². The Balaban J connectivity index is 2.92. The van der Waals surface area contributed by atoms with Crippen LogP contribution in [0.15, 0.2) is 21.4 Å². The van der Waals surface area contributed by atoms with Crippen molar-refractivity contribution >= 4 is 0 Å². The van der Waals surface area contributed by atoms with Crippen LogP contribution in [0.5, 0.6) is 0 Å². The first-order chi connectivity index (χ1) is 8.11. The van der Waals surface area contributed by atoms with E-state index in [9.17, 15) is 5.11 Å². The highest BCUT2D eigenvalue weighted by atomic mass is 16.3. The van der Waals surface area contributed by atoms with Crippen LogP contribution >= 0.6 is 0 Å². The van der Waals surface area contributed by atoms with Crippen LogP contribution in [0.1, 0.15) is 20.3 Å². The van der Waals surface area contributed by atoms with Gasteiger partial charge < -0.3 is 5.11 Å². The molecule has 0 saturated heterocycles. The Kier molecular flexibility index (Phi) is 4.84. The van der Waals surface area contributed by atoms with Crippen molar-refractivity contribution in [1.82, 2.24) is 0 Å². The van der Waals surface area contributed by atoms with Gasteiger partial charge >= 0.3 is 0 Å². The minimum atomic E-state index is -0.617. The number of hydrogen-bond donors (Lipinski definition) is 1. The van der Waals surface area contributed by atoms with Crippen molar-refractivity contribution in [2.24, 2.45) is 22.1 Å². The Morgan fingerprint density at radius 2 is 1.82 bits per heavy atom. The molecule has 92 valence electrons. The fourth-order valence-electron chi connectivity index (χ4n) is 2.26. The summed E-state index contributed by atoms with van der Waals surface area (Å²) in [6.45, 7) is 4.40. The fraction of sp³-hybridized carbons (Fsp3) is 0.800. The number of hydrogen-bond acceptors (Lipinski definition) is 3. The highest BCUT2D eigenvalue weighted by Crippen LogP contribution is 2.34. The SMILES string of the molecule is CC1=C(C)[C@H](O)[C@H](CN=[N+]=[N-])[C@@H](CN=[N+]=[N-])C1. The molecule has 0 aromatic rings. The lowest BCUT2D eigenvalue weighted by Crippen LogP contribution is -2.37.